The van der Waals surface area contributed by atoms with Gasteiger partial charge in [0.05, 0.1) is 6.54 Å². The van der Waals surface area contributed by atoms with E-state index in [2.05, 4.69) is 10.2 Å². The van der Waals surface area contributed by atoms with Crippen LogP contribution in [-0.4, -0.2) is 60.1 Å². The first-order chi connectivity index (χ1) is 14.0. The Morgan fingerprint density at radius 1 is 0.966 bits per heavy atom. The fraction of sp³-hybridized carbons (Fsp3) is 0.318. The number of Topliss-reactive ketones (excluding diaryl/α,β-unsaturated/α-hetero) is 1. The Morgan fingerprint density at radius 2 is 1.76 bits per heavy atom. The second-order valence-electron chi connectivity index (χ2n) is 7.42. The largest absolute Gasteiger partial charge is 0.336 e. The van der Waals surface area contributed by atoms with Crippen LogP contribution in [0.25, 0.3) is 0 Å². The quantitative estimate of drug-likeness (QED) is 0.785. The van der Waals surface area contributed by atoms with E-state index in [-0.39, 0.29) is 17.6 Å². The number of fused-ring (bicyclic) bond motifs is 1. The average Bonchev–Trinajstić information content (AvgIpc) is 2.73. The third-order valence-electron chi connectivity index (χ3n) is 5.42. The molecule has 0 spiro atoms. The number of anilines is 1. The van der Waals surface area contributed by atoms with E-state index >= 15 is 0 Å². The number of aryl methyl sites for hydroxylation is 1. The van der Waals surface area contributed by atoms with Gasteiger partial charge in [-0.2, -0.15) is 0 Å². The van der Waals surface area contributed by atoms with Crippen molar-refractivity contribution in [2.24, 2.45) is 0 Å². The second-order valence-corrected chi connectivity index (χ2v) is 7.86. The summed E-state index contributed by atoms with van der Waals surface area (Å²) in [4.78, 5) is 40.7. The molecule has 2 aliphatic heterocycles. The molecule has 150 valence electrons. The molecular weight excluding hydrogens is 390 g/mol. The third-order valence-corrected chi connectivity index (χ3v) is 5.66. The van der Waals surface area contributed by atoms with Gasteiger partial charge in [-0.15, -0.1) is 0 Å². The van der Waals surface area contributed by atoms with Crippen LogP contribution in [0.4, 0.5) is 5.69 Å². The van der Waals surface area contributed by atoms with Crippen molar-refractivity contribution in [2.75, 3.05) is 38.0 Å². The lowest BCUT2D eigenvalue weighted by Crippen LogP contribution is -2.49. The van der Waals surface area contributed by atoms with Crippen molar-refractivity contribution >= 4 is 34.9 Å². The van der Waals surface area contributed by atoms with Crippen LogP contribution in [0.5, 0.6) is 0 Å². The number of nitrogens with zero attached hydrogens (tertiary/aromatic N) is 2. The minimum Gasteiger partial charge on any atom is -0.336 e. The summed E-state index contributed by atoms with van der Waals surface area (Å²) in [6.45, 7) is 2.78. The zero-order valence-electron chi connectivity index (χ0n) is 16.0. The number of carbonyl (C=O) groups is 3. The van der Waals surface area contributed by atoms with E-state index < -0.39 is 0 Å². The predicted molar refractivity (Wildman–Crippen MR) is 112 cm³/mol. The van der Waals surface area contributed by atoms with Crippen LogP contribution in [0.15, 0.2) is 42.5 Å². The maximum Gasteiger partial charge on any atom is 0.253 e. The van der Waals surface area contributed by atoms with Crippen molar-refractivity contribution in [1.82, 2.24) is 9.80 Å². The minimum absolute atomic E-state index is 0.00878. The van der Waals surface area contributed by atoms with Crippen LogP contribution in [0.1, 0.15) is 32.7 Å². The summed E-state index contributed by atoms with van der Waals surface area (Å²) in [7, 11) is 0. The van der Waals surface area contributed by atoms with Crippen LogP contribution < -0.4 is 5.32 Å². The number of rotatable bonds is 4. The lowest BCUT2D eigenvalue weighted by molar-refractivity contribution is -0.116. The summed E-state index contributed by atoms with van der Waals surface area (Å²) in [5, 5.41) is 3.39. The van der Waals surface area contributed by atoms with Crippen LogP contribution in [0, 0.1) is 0 Å². The Morgan fingerprint density at radius 3 is 2.52 bits per heavy atom. The highest BCUT2D eigenvalue weighted by Gasteiger charge is 2.25. The Kier molecular flexibility index (Phi) is 5.65. The van der Waals surface area contributed by atoms with E-state index in [1.807, 2.05) is 11.0 Å². The van der Waals surface area contributed by atoms with Gasteiger partial charge in [0.15, 0.2) is 5.78 Å². The normalized spacial score (nSPS) is 16.9. The highest BCUT2D eigenvalue weighted by molar-refractivity contribution is 6.31. The monoisotopic (exact) mass is 411 g/mol. The molecule has 1 saturated heterocycles. The van der Waals surface area contributed by atoms with Crippen LogP contribution >= 0.6 is 11.6 Å². The number of piperazine rings is 1. The van der Waals surface area contributed by atoms with Gasteiger partial charge < -0.3 is 10.2 Å². The molecule has 2 aliphatic rings. The number of hydrogen-bond acceptors (Lipinski definition) is 4. The number of carbonyl (C=O) groups excluding carboxylic acids is 3. The maximum atomic E-state index is 12.9. The highest BCUT2D eigenvalue weighted by atomic mass is 35.5. The van der Waals surface area contributed by atoms with Crippen LogP contribution in [-0.2, 0) is 11.2 Å². The Hall–Kier alpha value is -2.70. The van der Waals surface area contributed by atoms with Gasteiger partial charge in [0.25, 0.3) is 5.91 Å². The Labute approximate surface area is 174 Å². The molecule has 0 radical (unpaired) electrons. The van der Waals surface area contributed by atoms with Crippen molar-refractivity contribution < 1.29 is 14.4 Å². The molecule has 7 heteroatoms. The van der Waals surface area contributed by atoms with Crippen molar-refractivity contribution in [3.8, 4) is 0 Å². The standard InChI is InChI=1S/C22H22ClN3O3/c23-18-3-1-2-16(13-18)20(27)14-25-8-10-26(11-9-25)22(29)17-4-6-19-15(12-17)5-7-21(28)24-19/h1-4,6,12-13H,5,7-11,14H2,(H,24,28). The molecule has 0 aromatic heterocycles. The number of halogens is 1. The van der Waals surface area contributed by atoms with Crippen LogP contribution in [0.3, 0.4) is 0 Å². The van der Waals surface area contributed by atoms with Crippen molar-refractivity contribution in [1.29, 1.82) is 0 Å². The smallest absolute Gasteiger partial charge is 0.253 e. The fourth-order valence-electron chi connectivity index (χ4n) is 3.76. The number of hydrogen-bond donors (Lipinski definition) is 1. The van der Waals surface area contributed by atoms with Gasteiger partial charge in [0.2, 0.25) is 5.91 Å². The molecule has 2 aromatic rings. The molecule has 6 nitrogen and oxygen atoms in total. The first-order valence-corrected chi connectivity index (χ1v) is 10.1. The zero-order chi connectivity index (χ0) is 20.4. The SMILES string of the molecule is O=C1CCc2cc(C(=O)N3CCN(CC(=O)c4cccc(Cl)c4)CC3)ccc2N1. The molecule has 0 unspecified atom stereocenters. The predicted octanol–water partition coefficient (Wildman–Crippen LogP) is 2.87. The van der Waals surface area contributed by atoms with E-state index in [1.54, 1.807) is 36.4 Å². The summed E-state index contributed by atoms with van der Waals surface area (Å²) >= 11 is 5.96. The van der Waals surface area contributed by atoms with Gasteiger partial charge in [-0.3, -0.25) is 19.3 Å². The van der Waals surface area contributed by atoms with E-state index in [0.717, 1.165) is 11.3 Å². The van der Waals surface area contributed by atoms with Gasteiger partial charge in [-0.05, 0) is 42.3 Å². The Balaban J connectivity index is 1.34. The maximum absolute atomic E-state index is 12.9. The second kappa shape index (κ2) is 8.35. The number of ketones is 1. The number of nitrogens with one attached hydrogen (secondary N) is 1. The molecule has 0 aliphatic carbocycles. The van der Waals surface area contributed by atoms with Crippen molar-refractivity contribution in [2.45, 2.75) is 12.8 Å². The van der Waals surface area contributed by atoms with E-state index in [0.29, 0.717) is 61.7 Å². The van der Waals surface area contributed by atoms with E-state index in [9.17, 15) is 14.4 Å². The fourth-order valence-corrected chi connectivity index (χ4v) is 3.95. The average molecular weight is 412 g/mol. The van der Waals surface area contributed by atoms with Crippen LogP contribution in [0.2, 0.25) is 5.02 Å². The molecule has 0 atom stereocenters. The van der Waals surface area contributed by atoms with Gasteiger partial charge in [-0.25, -0.2) is 0 Å². The number of benzene rings is 2. The molecule has 2 heterocycles. The molecule has 29 heavy (non-hydrogen) atoms. The topological polar surface area (TPSA) is 69.7 Å². The molecule has 0 saturated carbocycles. The molecule has 2 aromatic carbocycles. The third kappa shape index (κ3) is 4.49. The van der Waals surface area contributed by atoms with E-state index in [4.69, 9.17) is 11.6 Å². The van der Waals surface area contributed by atoms with Gasteiger partial charge in [-0.1, -0.05) is 23.7 Å². The summed E-state index contributed by atoms with van der Waals surface area (Å²) in [5.74, 6) is 0.0366. The summed E-state index contributed by atoms with van der Waals surface area (Å²) in [6, 6.07) is 12.4. The first kappa shape index (κ1) is 19.6. The van der Waals surface area contributed by atoms with Gasteiger partial charge >= 0.3 is 0 Å². The van der Waals surface area contributed by atoms with Gasteiger partial charge in [0, 0.05) is 54.4 Å². The molecule has 4 rings (SSSR count). The van der Waals surface area contributed by atoms with E-state index in [1.165, 1.54) is 0 Å². The molecule has 1 N–H and O–H groups in total. The van der Waals surface area contributed by atoms with Crippen molar-refractivity contribution in [3.63, 3.8) is 0 Å². The molecule has 0 bridgehead atoms. The number of amides is 2. The minimum atomic E-state index is -0.00878. The lowest BCUT2D eigenvalue weighted by Gasteiger charge is -2.34. The zero-order valence-corrected chi connectivity index (χ0v) is 16.7. The first-order valence-electron chi connectivity index (χ1n) is 9.73. The Bertz CT molecular complexity index is 968. The highest BCUT2D eigenvalue weighted by Crippen LogP contribution is 2.24. The summed E-state index contributed by atoms with van der Waals surface area (Å²) < 4.78 is 0. The molecule has 2 amide bonds. The summed E-state index contributed by atoms with van der Waals surface area (Å²) in [5.41, 5.74) is 3.05. The molecular formula is C22H22ClN3O3. The molecule has 1 fully saturated rings. The summed E-state index contributed by atoms with van der Waals surface area (Å²) in [6.07, 6.45) is 1.10. The van der Waals surface area contributed by atoms with Gasteiger partial charge in [0.1, 0.15) is 0 Å². The van der Waals surface area contributed by atoms with Crippen molar-refractivity contribution in [3.05, 3.63) is 64.2 Å². The lowest BCUT2D eigenvalue weighted by atomic mass is 10.00.